The summed E-state index contributed by atoms with van der Waals surface area (Å²) in [5, 5.41) is 6.71. The molecular formula is C25H34N4O3. The first kappa shape index (κ1) is 22.4. The lowest BCUT2D eigenvalue weighted by atomic mass is 10.1. The Kier molecular flexibility index (Phi) is 7.50. The third-order valence-corrected chi connectivity index (χ3v) is 5.62. The van der Waals surface area contributed by atoms with Gasteiger partial charge in [0.1, 0.15) is 0 Å². The minimum absolute atomic E-state index is 0.292. The van der Waals surface area contributed by atoms with Crippen LogP contribution >= 0.6 is 0 Å². The summed E-state index contributed by atoms with van der Waals surface area (Å²) in [5.41, 5.74) is 3.44. The number of hydrogen-bond donors (Lipinski definition) is 2. The van der Waals surface area contributed by atoms with E-state index in [1.807, 2.05) is 18.2 Å². The molecule has 7 heteroatoms. The number of hydrogen-bond acceptors (Lipinski definition) is 5. The Balaban J connectivity index is 1.29. The van der Waals surface area contributed by atoms with Gasteiger partial charge >= 0.3 is 0 Å². The van der Waals surface area contributed by atoms with Gasteiger partial charge in [0.15, 0.2) is 17.5 Å². The lowest BCUT2D eigenvalue weighted by Gasteiger charge is -2.35. The van der Waals surface area contributed by atoms with Gasteiger partial charge in [-0.3, -0.25) is 9.89 Å². The highest BCUT2D eigenvalue weighted by atomic mass is 16.5. The molecule has 1 saturated heterocycles. The highest BCUT2D eigenvalue weighted by molar-refractivity contribution is 5.93. The van der Waals surface area contributed by atoms with Crippen LogP contribution in [0, 0.1) is 0 Å². The molecule has 2 unspecified atom stereocenters. The molecular weight excluding hydrogens is 404 g/mol. The van der Waals surface area contributed by atoms with E-state index in [1.165, 1.54) is 11.1 Å². The van der Waals surface area contributed by atoms with E-state index >= 15 is 0 Å². The maximum absolute atomic E-state index is 5.83. The van der Waals surface area contributed by atoms with E-state index in [-0.39, 0.29) is 0 Å². The van der Waals surface area contributed by atoms with Gasteiger partial charge in [-0.25, -0.2) is 0 Å². The molecule has 0 bridgehead atoms. The van der Waals surface area contributed by atoms with E-state index in [2.05, 4.69) is 58.6 Å². The van der Waals surface area contributed by atoms with E-state index < -0.39 is 0 Å². The number of benzene rings is 2. The third-order valence-electron chi connectivity index (χ3n) is 5.62. The molecule has 32 heavy (non-hydrogen) atoms. The zero-order valence-corrected chi connectivity index (χ0v) is 19.3. The van der Waals surface area contributed by atoms with Gasteiger partial charge in [0, 0.05) is 51.4 Å². The second kappa shape index (κ2) is 10.7. The zero-order chi connectivity index (χ0) is 22.3. The Labute approximate surface area is 190 Å². The lowest BCUT2D eigenvalue weighted by Crippen LogP contribution is -2.44. The van der Waals surface area contributed by atoms with Crippen molar-refractivity contribution in [2.75, 3.05) is 38.7 Å². The number of anilines is 1. The predicted octanol–water partition coefficient (Wildman–Crippen LogP) is 3.64. The summed E-state index contributed by atoms with van der Waals surface area (Å²) < 4.78 is 17.3. The van der Waals surface area contributed by atoms with Crippen molar-refractivity contribution in [3.05, 3.63) is 53.6 Å². The number of ether oxygens (including phenoxy) is 3. The minimum atomic E-state index is 0.292. The summed E-state index contributed by atoms with van der Waals surface area (Å²) >= 11 is 0. The van der Waals surface area contributed by atoms with Gasteiger partial charge in [-0.2, -0.15) is 0 Å². The molecule has 2 aromatic carbocycles. The zero-order valence-electron chi connectivity index (χ0n) is 19.3. The second-order valence-electron chi connectivity index (χ2n) is 8.53. The molecule has 7 nitrogen and oxygen atoms in total. The summed E-state index contributed by atoms with van der Waals surface area (Å²) in [6.45, 7) is 9.26. The quantitative estimate of drug-likeness (QED) is 0.549. The van der Waals surface area contributed by atoms with Crippen molar-refractivity contribution >= 4 is 11.6 Å². The van der Waals surface area contributed by atoms with Crippen LogP contribution in [0.15, 0.2) is 47.5 Å². The molecule has 0 spiro atoms. The lowest BCUT2D eigenvalue weighted by molar-refractivity contribution is -0.0704. The summed E-state index contributed by atoms with van der Waals surface area (Å²) in [5.74, 6) is 2.26. The van der Waals surface area contributed by atoms with Crippen LogP contribution in [0.3, 0.4) is 0 Å². The molecule has 0 radical (unpaired) electrons. The number of rotatable bonds is 5. The first-order chi connectivity index (χ1) is 15.6. The average Bonchev–Trinajstić information content (AvgIpc) is 3.02. The molecule has 2 aliphatic heterocycles. The first-order valence-corrected chi connectivity index (χ1v) is 11.4. The molecule has 4 rings (SSSR count). The Morgan fingerprint density at radius 1 is 0.969 bits per heavy atom. The average molecular weight is 439 g/mol. The van der Waals surface area contributed by atoms with Crippen LogP contribution in [-0.2, 0) is 17.8 Å². The van der Waals surface area contributed by atoms with Crippen LogP contribution in [0.5, 0.6) is 11.5 Å². The van der Waals surface area contributed by atoms with E-state index in [0.29, 0.717) is 37.9 Å². The Morgan fingerprint density at radius 3 is 2.38 bits per heavy atom. The Bertz CT molecular complexity index is 906. The molecule has 2 N–H and O–H groups in total. The van der Waals surface area contributed by atoms with Gasteiger partial charge in [0.05, 0.1) is 25.4 Å². The van der Waals surface area contributed by atoms with Crippen molar-refractivity contribution in [2.45, 2.75) is 45.6 Å². The van der Waals surface area contributed by atoms with E-state index in [1.54, 1.807) is 7.05 Å². The first-order valence-electron chi connectivity index (χ1n) is 11.4. The molecule has 0 aliphatic carbocycles. The second-order valence-corrected chi connectivity index (χ2v) is 8.53. The van der Waals surface area contributed by atoms with Crippen molar-refractivity contribution in [2.24, 2.45) is 4.99 Å². The molecule has 2 aliphatic rings. The van der Waals surface area contributed by atoms with Crippen LogP contribution in [0.2, 0.25) is 0 Å². The fourth-order valence-electron chi connectivity index (χ4n) is 4.18. The summed E-state index contributed by atoms with van der Waals surface area (Å²) in [7, 11) is 1.77. The standard InChI is InChI=1S/C25H34N4O3/c1-18-15-29(16-19(2)32-18)17-21-7-5-20(6-8-21)14-27-25(26-3)28-22-9-10-23-24(13-22)31-12-4-11-30-23/h5-10,13,18-19H,4,11-12,14-17H2,1-3H3,(H2,26,27,28). The Morgan fingerprint density at radius 2 is 1.66 bits per heavy atom. The fourth-order valence-corrected chi connectivity index (χ4v) is 4.18. The largest absolute Gasteiger partial charge is 0.490 e. The summed E-state index contributed by atoms with van der Waals surface area (Å²) in [4.78, 5) is 6.81. The molecule has 0 amide bonds. The van der Waals surface area contributed by atoms with Gasteiger partial charge in [-0.05, 0) is 37.1 Å². The number of fused-ring (bicyclic) bond motifs is 1. The molecule has 1 fully saturated rings. The minimum Gasteiger partial charge on any atom is -0.490 e. The normalized spacial score (nSPS) is 21.7. The monoisotopic (exact) mass is 438 g/mol. The third kappa shape index (κ3) is 6.14. The smallest absolute Gasteiger partial charge is 0.195 e. The number of nitrogens with zero attached hydrogens (tertiary/aromatic N) is 2. The SMILES string of the molecule is CN=C(NCc1ccc(CN2CC(C)OC(C)C2)cc1)Nc1ccc2c(c1)OCCCO2. The maximum Gasteiger partial charge on any atom is 0.195 e. The van der Waals surface area contributed by atoms with Gasteiger partial charge < -0.3 is 24.8 Å². The highest BCUT2D eigenvalue weighted by Gasteiger charge is 2.22. The highest BCUT2D eigenvalue weighted by Crippen LogP contribution is 2.32. The Hall–Kier alpha value is -2.77. The number of morpholine rings is 1. The molecule has 2 aromatic rings. The molecule has 0 aromatic heterocycles. The summed E-state index contributed by atoms with van der Waals surface area (Å²) in [6, 6.07) is 14.6. The number of aliphatic imine (C=N–C) groups is 1. The van der Waals surface area contributed by atoms with E-state index in [4.69, 9.17) is 14.2 Å². The van der Waals surface area contributed by atoms with Crippen LogP contribution < -0.4 is 20.1 Å². The molecule has 0 saturated carbocycles. The fraction of sp³-hybridized carbons (Fsp3) is 0.480. The van der Waals surface area contributed by atoms with Crippen molar-refractivity contribution in [3.8, 4) is 11.5 Å². The van der Waals surface area contributed by atoms with Gasteiger partial charge in [0.2, 0.25) is 0 Å². The van der Waals surface area contributed by atoms with Crippen LogP contribution in [-0.4, -0.2) is 56.4 Å². The van der Waals surface area contributed by atoms with Crippen LogP contribution in [0.4, 0.5) is 5.69 Å². The molecule has 2 heterocycles. The topological polar surface area (TPSA) is 67.4 Å². The van der Waals surface area contributed by atoms with Gasteiger partial charge in [0.25, 0.3) is 0 Å². The van der Waals surface area contributed by atoms with Gasteiger partial charge in [-0.15, -0.1) is 0 Å². The molecule has 2 atom stereocenters. The number of guanidine groups is 1. The maximum atomic E-state index is 5.83. The van der Waals surface area contributed by atoms with E-state index in [9.17, 15) is 0 Å². The van der Waals surface area contributed by atoms with Crippen molar-refractivity contribution in [3.63, 3.8) is 0 Å². The van der Waals surface area contributed by atoms with Gasteiger partial charge in [-0.1, -0.05) is 24.3 Å². The summed E-state index contributed by atoms with van der Waals surface area (Å²) in [6.07, 6.45) is 1.48. The molecule has 172 valence electrons. The predicted molar refractivity (Wildman–Crippen MR) is 128 cm³/mol. The number of nitrogens with one attached hydrogen (secondary N) is 2. The van der Waals surface area contributed by atoms with Crippen molar-refractivity contribution in [1.82, 2.24) is 10.2 Å². The van der Waals surface area contributed by atoms with Crippen LogP contribution in [0.25, 0.3) is 0 Å². The van der Waals surface area contributed by atoms with Crippen molar-refractivity contribution < 1.29 is 14.2 Å². The van der Waals surface area contributed by atoms with Crippen molar-refractivity contribution in [1.29, 1.82) is 0 Å². The van der Waals surface area contributed by atoms with Crippen LogP contribution in [0.1, 0.15) is 31.4 Å². The van der Waals surface area contributed by atoms with E-state index in [0.717, 1.165) is 43.2 Å².